The van der Waals surface area contributed by atoms with E-state index in [1.165, 1.54) is 55.3 Å². The number of likely N-dealkylation sites (N-methyl/N-ethyl adjacent to an activating group) is 1. The Labute approximate surface area is 230 Å². The second kappa shape index (κ2) is 12.2. The highest BCUT2D eigenvalue weighted by molar-refractivity contribution is 9.10. The fourth-order valence-electron chi connectivity index (χ4n) is 3.44. The van der Waals surface area contributed by atoms with Crippen molar-refractivity contribution in [3.8, 4) is 11.5 Å². The summed E-state index contributed by atoms with van der Waals surface area (Å²) in [7, 11) is 1.47. The Kier molecular flexibility index (Phi) is 8.80. The Balaban J connectivity index is 1.51. The third-order valence-corrected chi connectivity index (χ3v) is 7.01. The van der Waals surface area contributed by atoms with Crippen LogP contribution in [0.2, 0.25) is 0 Å². The lowest BCUT2D eigenvalue weighted by Crippen LogP contribution is -2.28. The van der Waals surface area contributed by atoms with E-state index in [2.05, 4.69) is 26.2 Å². The first kappa shape index (κ1) is 27.3. The van der Waals surface area contributed by atoms with Gasteiger partial charge >= 0.3 is 0 Å². The fourth-order valence-corrected chi connectivity index (χ4v) is 4.94. The number of nitrogens with one attached hydrogen (secondary N) is 1. The van der Waals surface area contributed by atoms with Crippen LogP contribution in [0.25, 0.3) is 6.08 Å². The van der Waals surface area contributed by atoms with Gasteiger partial charge in [0.1, 0.15) is 11.6 Å². The number of benzene rings is 3. The molecule has 1 N–H and O–H groups in total. The molecule has 0 saturated carbocycles. The molecule has 0 atom stereocenters. The zero-order valence-electron chi connectivity index (χ0n) is 20.3. The maximum Gasteiger partial charge on any atom is 0.266 e. The first-order valence-electron chi connectivity index (χ1n) is 11.4. The van der Waals surface area contributed by atoms with E-state index in [4.69, 9.17) is 9.47 Å². The van der Waals surface area contributed by atoms with Crippen molar-refractivity contribution < 1.29 is 27.8 Å². The molecule has 0 aromatic heterocycles. The van der Waals surface area contributed by atoms with Crippen LogP contribution in [0.3, 0.4) is 0 Å². The van der Waals surface area contributed by atoms with E-state index in [0.29, 0.717) is 49.5 Å². The largest absolute Gasteiger partial charge is 0.493 e. The predicted molar refractivity (Wildman–Crippen MR) is 148 cm³/mol. The first-order chi connectivity index (χ1) is 18.3. The van der Waals surface area contributed by atoms with Crippen molar-refractivity contribution in [2.24, 2.45) is 4.99 Å². The van der Waals surface area contributed by atoms with Crippen LogP contribution in [0.1, 0.15) is 12.5 Å². The molecule has 1 heterocycles. The third-order valence-electron chi connectivity index (χ3n) is 5.31. The highest BCUT2D eigenvalue weighted by Gasteiger charge is 2.32. The van der Waals surface area contributed by atoms with Crippen molar-refractivity contribution in [1.29, 1.82) is 0 Å². The number of amidine groups is 1. The van der Waals surface area contributed by atoms with E-state index >= 15 is 0 Å². The molecule has 196 valence electrons. The number of aliphatic imine (C=N–C) groups is 1. The van der Waals surface area contributed by atoms with Crippen LogP contribution in [-0.2, 0) is 9.59 Å². The number of thioether (sulfide) groups is 1. The van der Waals surface area contributed by atoms with Gasteiger partial charge in [0, 0.05) is 16.7 Å². The molecule has 3 aromatic carbocycles. The van der Waals surface area contributed by atoms with Gasteiger partial charge in [-0.25, -0.2) is 13.8 Å². The Bertz CT molecular complexity index is 1410. The van der Waals surface area contributed by atoms with E-state index in [-0.39, 0.29) is 18.3 Å². The first-order valence-corrected chi connectivity index (χ1v) is 13.0. The summed E-state index contributed by atoms with van der Waals surface area (Å²) in [6.45, 7) is 1.96. The second-order valence-electron chi connectivity index (χ2n) is 7.90. The van der Waals surface area contributed by atoms with Gasteiger partial charge in [-0.1, -0.05) is 15.9 Å². The Hall–Kier alpha value is -3.70. The summed E-state index contributed by atoms with van der Waals surface area (Å²) in [5, 5.41) is 3.11. The zero-order valence-corrected chi connectivity index (χ0v) is 22.7. The lowest BCUT2D eigenvalue weighted by molar-refractivity contribution is -0.122. The van der Waals surface area contributed by atoms with Crippen molar-refractivity contribution in [3.05, 3.63) is 87.2 Å². The van der Waals surface area contributed by atoms with Gasteiger partial charge in [-0.05, 0) is 91.0 Å². The normalized spacial score (nSPS) is 15.3. The van der Waals surface area contributed by atoms with Gasteiger partial charge in [0.2, 0.25) is 0 Å². The number of methoxy groups -OCH3 is 1. The van der Waals surface area contributed by atoms with E-state index in [9.17, 15) is 18.4 Å². The van der Waals surface area contributed by atoms with Crippen LogP contribution >= 0.6 is 27.7 Å². The number of hydrogen-bond donors (Lipinski definition) is 1. The second-order valence-corrected chi connectivity index (χ2v) is 9.76. The van der Waals surface area contributed by atoms with Gasteiger partial charge in [-0.3, -0.25) is 14.5 Å². The SMILES string of the molecule is CCN1C(=O)/C(=C\c2cc(OC)c(OCC(=O)Nc3ccc(F)cc3)cc2Br)SC1=Nc1ccc(F)cc1. The standard InChI is InChI=1S/C27H22BrF2N3O4S/c1-3-33-26(35)24(38-27(33)32-20-10-6-18(30)7-11-20)13-16-12-22(36-2)23(14-21(16)28)37-15-25(34)31-19-8-4-17(29)5-9-19/h4-14H,3,15H2,1-2H3,(H,31,34)/b24-13+,32-27?. The predicted octanol–water partition coefficient (Wildman–Crippen LogP) is 6.38. The number of amides is 2. The number of anilines is 1. The van der Waals surface area contributed by atoms with Crippen molar-refractivity contribution in [2.45, 2.75) is 6.92 Å². The number of carbonyl (C=O) groups excluding carboxylic acids is 2. The lowest BCUT2D eigenvalue weighted by atomic mass is 10.2. The Morgan fingerprint density at radius 3 is 2.37 bits per heavy atom. The average Bonchev–Trinajstić information content (AvgIpc) is 3.20. The molecule has 38 heavy (non-hydrogen) atoms. The molecule has 4 rings (SSSR count). The molecular formula is C27H22BrF2N3O4S. The van der Waals surface area contributed by atoms with Crippen LogP contribution < -0.4 is 14.8 Å². The molecule has 0 aliphatic carbocycles. The minimum absolute atomic E-state index is 0.206. The molecule has 1 saturated heterocycles. The lowest BCUT2D eigenvalue weighted by Gasteiger charge is -2.13. The average molecular weight is 602 g/mol. The molecule has 0 bridgehead atoms. The molecular weight excluding hydrogens is 580 g/mol. The van der Waals surface area contributed by atoms with E-state index < -0.39 is 11.7 Å². The molecule has 1 fully saturated rings. The summed E-state index contributed by atoms with van der Waals surface area (Å²) in [5.41, 5.74) is 1.63. The van der Waals surface area contributed by atoms with Crippen LogP contribution in [-0.4, -0.2) is 42.1 Å². The molecule has 0 unspecified atom stereocenters. The smallest absolute Gasteiger partial charge is 0.266 e. The van der Waals surface area contributed by atoms with Gasteiger partial charge in [0.25, 0.3) is 11.8 Å². The molecule has 7 nitrogen and oxygen atoms in total. The minimum atomic E-state index is -0.429. The maximum absolute atomic E-state index is 13.2. The topological polar surface area (TPSA) is 80.2 Å². The third kappa shape index (κ3) is 6.59. The summed E-state index contributed by atoms with van der Waals surface area (Å²) in [6.07, 6.45) is 1.71. The van der Waals surface area contributed by atoms with E-state index in [0.717, 1.165) is 0 Å². The molecule has 2 amide bonds. The minimum Gasteiger partial charge on any atom is -0.493 e. The molecule has 0 radical (unpaired) electrons. The summed E-state index contributed by atoms with van der Waals surface area (Å²) in [4.78, 5) is 31.8. The maximum atomic E-state index is 13.2. The van der Waals surface area contributed by atoms with E-state index in [1.807, 2.05) is 6.92 Å². The van der Waals surface area contributed by atoms with Gasteiger partial charge in [-0.15, -0.1) is 0 Å². The van der Waals surface area contributed by atoms with Crippen LogP contribution in [0.4, 0.5) is 20.2 Å². The summed E-state index contributed by atoms with van der Waals surface area (Å²) in [6, 6.07) is 14.4. The van der Waals surface area contributed by atoms with Crippen molar-refractivity contribution in [2.75, 3.05) is 25.6 Å². The molecule has 0 spiro atoms. The van der Waals surface area contributed by atoms with Gasteiger partial charge in [0.05, 0.1) is 17.7 Å². The van der Waals surface area contributed by atoms with E-state index in [1.54, 1.807) is 35.2 Å². The fraction of sp³-hybridized carbons (Fsp3) is 0.148. The van der Waals surface area contributed by atoms with Gasteiger partial charge in [-0.2, -0.15) is 0 Å². The summed E-state index contributed by atoms with van der Waals surface area (Å²) < 4.78 is 38.0. The molecule has 1 aliphatic rings. The number of rotatable bonds is 8. The number of carbonyl (C=O) groups is 2. The quantitative estimate of drug-likeness (QED) is 0.303. The Morgan fingerprint density at radius 1 is 1.08 bits per heavy atom. The van der Waals surface area contributed by atoms with Crippen LogP contribution in [0, 0.1) is 11.6 Å². The number of ether oxygens (including phenoxy) is 2. The summed E-state index contributed by atoms with van der Waals surface area (Å²) in [5.74, 6) is -0.728. The van der Waals surface area contributed by atoms with Crippen LogP contribution in [0.5, 0.6) is 11.5 Å². The van der Waals surface area contributed by atoms with Crippen molar-refractivity contribution in [3.63, 3.8) is 0 Å². The number of halogens is 3. The molecule has 1 aliphatic heterocycles. The van der Waals surface area contributed by atoms with Crippen LogP contribution in [0.15, 0.2) is 75.0 Å². The molecule has 3 aromatic rings. The number of nitrogens with zero attached hydrogens (tertiary/aromatic N) is 2. The molecule has 11 heteroatoms. The van der Waals surface area contributed by atoms with Crippen molar-refractivity contribution in [1.82, 2.24) is 4.90 Å². The zero-order chi connectivity index (χ0) is 27.2. The van der Waals surface area contributed by atoms with Gasteiger partial charge < -0.3 is 14.8 Å². The monoisotopic (exact) mass is 601 g/mol. The summed E-state index contributed by atoms with van der Waals surface area (Å²) >= 11 is 4.71. The Morgan fingerprint density at radius 2 is 1.74 bits per heavy atom. The number of hydrogen-bond acceptors (Lipinski definition) is 6. The highest BCUT2D eigenvalue weighted by atomic mass is 79.9. The van der Waals surface area contributed by atoms with Crippen molar-refractivity contribution >= 4 is 62.1 Å². The highest BCUT2D eigenvalue weighted by Crippen LogP contribution is 2.38. The van der Waals surface area contributed by atoms with Gasteiger partial charge in [0.15, 0.2) is 23.3 Å².